The zero-order chi connectivity index (χ0) is 19.1. The fourth-order valence-corrected chi connectivity index (χ4v) is 4.85. The minimum Gasteiger partial charge on any atom is -0.351 e. The summed E-state index contributed by atoms with van der Waals surface area (Å²) in [5.41, 5.74) is 5.25. The summed E-state index contributed by atoms with van der Waals surface area (Å²) >= 11 is 0. The Labute approximate surface area is 165 Å². The predicted molar refractivity (Wildman–Crippen MR) is 108 cm³/mol. The van der Waals surface area contributed by atoms with Gasteiger partial charge in [0.15, 0.2) is 0 Å². The molecule has 6 nitrogen and oxygen atoms in total. The Hall–Kier alpha value is -2.21. The van der Waals surface area contributed by atoms with Gasteiger partial charge in [-0.05, 0) is 80.5 Å². The summed E-state index contributed by atoms with van der Waals surface area (Å²) in [6.07, 6.45) is 11.4. The van der Waals surface area contributed by atoms with Gasteiger partial charge in [0.1, 0.15) is 5.52 Å². The van der Waals surface area contributed by atoms with E-state index in [0.717, 1.165) is 36.0 Å². The highest BCUT2D eigenvalue weighted by molar-refractivity contribution is 5.82. The number of nitrogens with zero attached hydrogens (tertiary/aromatic N) is 3. The molecule has 148 valence electrons. The normalized spacial score (nSPS) is 25.8. The number of carbonyl (C=O) groups excluding carboxylic acids is 1. The van der Waals surface area contributed by atoms with Crippen LogP contribution >= 0.6 is 0 Å². The maximum Gasteiger partial charge on any atom is 0.237 e. The van der Waals surface area contributed by atoms with Crippen molar-refractivity contribution in [1.29, 1.82) is 0 Å². The van der Waals surface area contributed by atoms with Crippen LogP contribution in [0.1, 0.15) is 50.5 Å². The van der Waals surface area contributed by atoms with Crippen LogP contribution in [0, 0.1) is 11.3 Å². The summed E-state index contributed by atoms with van der Waals surface area (Å²) in [6.45, 7) is 1.48. The first-order valence-electron chi connectivity index (χ1n) is 10.6. The Kier molecular flexibility index (Phi) is 4.46. The molecule has 2 N–H and O–H groups in total. The van der Waals surface area contributed by atoms with Crippen LogP contribution in [0.25, 0.3) is 11.0 Å². The molecule has 2 unspecified atom stereocenters. The van der Waals surface area contributed by atoms with Crippen molar-refractivity contribution < 1.29 is 4.79 Å². The third-order valence-electron chi connectivity index (χ3n) is 6.99. The van der Waals surface area contributed by atoms with E-state index in [0.29, 0.717) is 17.9 Å². The van der Waals surface area contributed by atoms with E-state index in [2.05, 4.69) is 27.0 Å². The Morgan fingerprint density at radius 2 is 2.25 bits per heavy atom. The average Bonchev–Trinajstić information content (AvgIpc) is 3.12. The highest BCUT2D eigenvalue weighted by atomic mass is 16.2. The monoisotopic (exact) mass is 379 g/mol. The van der Waals surface area contributed by atoms with Gasteiger partial charge < -0.3 is 10.6 Å². The summed E-state index contributed by atoms with van der Waals surface area (Å²) in [7, 11) is 1.88. The first-order valence-corrected chi connectivity index (χ1v) is 10.6. The van der Waals surface area contributed by atoms with Crippen molar-refractivity contribution in [3.8, 4) is 0 Å². The Bertz CT molecular complexity index is 926. The summed E-state index contributed by atoms with van der Waals surface area (Å²) in [6, 6.07) is 5.96. The number of benzene rings is 1. The number of fused-ring (bicyclic) bond motifs is 1. The minimum atomic E-state index is -0.0655. The highest BCUT2D eigenvalue weighted by Gasteiger charge is 2.42. The molecule has 2 atom stereocenters. The number of hydrogen-bond donors (Lipinski definition) is 2. The molecule has 1 amide bonds. The van der Waals surface area contributed by atoms with Crippen LogP contribution < -0.4 is 10.6 Å². The van der Waals surface area contributed by atoms with Crippen LogP contribution in [0.3, 0.4) is 0 Å². The number of carbonyl (C=O) groups is 1. The van der Waals surface area contributed by atoms with Gasteiger partial charge in [0, 0.05) is 13.6 Å². The van der Waals surface area contributed by atoms with Crippen LogP contribution in [-0.4, -0.2) is 33.5 Å². The van der Waals surface area contributed by atoms with E-state index in [9.17, 15) is 4.79 Å². The molecule has 28 heavy (non-hydrogen) atoms. The van der Waals surface area contributed by atoms with Crippen molar-refractivity contribution in [3.05, 3.63) is 35.4 Å². The van der Waals surface area contributed by atoms with Crippen LogP contribution in [0.5, 0.6) is 0 Å². The fourth-order valence-electron chi connectivity index (χ4n) is 4.85. The quantitative estimate of drug-likeness (QED) is 0.784. The number of aryl methyl sites for hydroxylation is 1. The largest absolute Gasteiger partial charge is 0.351 e. The van der Waals surface area contributed by atoms with Gasteiger partial charge in [-0.25, -0.2) is 4.68 Å². The van der Waals surface area contributed by atoms with Crippen molar-refractivity contribution in [2.45, 2.75) is 57.5 Å². The molecule has 0 bridgehead atoms. The van der Waals surface area contributed by atoms with Crippen LogP contribution in [0.15, 0.2) is 29.8 Å². The molecule has 1 aromatic heterocycles. The van der Waals surface area contributed by atoms with E-state index in [1.165, 1.54) is 32.1 Å². The molecule has 5 rings (SSSR count). The lowest BCUT2D eigenvalue weighted by Crippen LogP contribution is -2.39. The maximum atomic E-state index is 12.6. The van der Waals surface area contributed by atoms with Gasteiger partial charge >= 0.3 is 0 Å². The molecule has 2 aromatic rings. The lowest BCUT2D eigenvalue weighted by molar-refractivity contribution is -0.123. The topological polar surface area (TPSA) is 71.8 Å². The van der Waals surface area contributed by atoms with E-state index in [1.54, 1.807) is 10.3 Å². The number of rotatable bonds is 5. The van der Waals surface area contributed by atoms with Gasteiger partial charge in [-0.1, -0.05) is 22.9 Å². The second-order valence-corrected chi connectivity index (χ2v) is 9.09. The molecule has 2 heterocycles. The van der Waals surface area contributed by atoms with Crippen LogP contribution in [-0.2, 0) is 18.4 Å². The Morgan fingerprint density at radius 1 is 1.36 bits per heavy atom. The molecule has 1 aromatic carbocycles. The smallest absolute Gasteiger partial charge is 0.237 e. The minimum absolute atomic E-state index is 0.0655. The number of amides is 1. The van der Waals surface area contributed by atoms with Gasteiger partial charge in [0.05, 0.1) is 11.6 Å². The maximum absolute atomic E-state index is 12.6. The summed E-state index contributed by atoms with van der Waals surface area (Å²) in [5.74, 6) is 0.697. The SMILES string of the molecule is Cn1nnc2cc(CNC(=O)C3CC(CC4=CCC5(CC4)CC5)CN3)ccc21. The van der Waals surface area contributed by atoms with Crippen LogP contribution in [0.4, 0.5) is 0 Å². The van der Waals surface area contributed by atoms with E-state index in [4.69, 9.17) is 0 Å². The number of allylic oxidation sites excluding steroid dienone is 2. The third kappa shape index (κ3) is 3.58. The van der Waals surface area contributed by atoms with Crippen molar-refractivity contribution in [1.82, 2.24) is 25.6 Å². The van der Waals surface area contributed by atoms with E-state index in [1.807, 2.05) is 25.2 Å². The molecule has 3 aliphatic rings. The number of nitrogens with one attached hydrogen (secondary N) is 2. The molecule has 1 saturated heterocycles. The predicted octanol–water partition coefficient (Wildman–Crippen LogP) is 2.84. The lowest BCUT2D eigenvalue weighted by Gasteiger charge is -2.22. The molecule has 0 radical (unpaired) electrons. The van der Waals surface area contributed by atoms with Gasteiger partial charge in [0.2, 0.25) is 5.91 Å². The van der Waals surface area contributed by atoms with E-state index in [-0.39, 0.29) is 11.9 Å². The molecule has 1 aliphatic heterocycles. The van der Waals surface area contributed by atoms with Gasteiger partial charge in [0.25, 0.3) is 0 Å². The van der Waals surface area contributed by atoms with Crippen LogP contribution in [0.2, 0.25) is 0 Å². The van der Waals surface area contributed by atoms with Gasteiger partial charge in [-0.2, -0.15) is 0 Å². The van der Waals surface area contributed by atoms with Crippen molar-refractivity contribution in [2.75, 3.05) is 6.54 Å². The Balaban J connectivity index is 1.11. The summed E-state index contributed by atoms with van der Waals surface area (Å²) in [4.78, 5) is 12.6. The standard InChI is InChI=1S/C22H29N5O/c1-27-20-3-2-16(11-18(20)25-26-27)13-24-21(28)19-12-17(14-23-19)10-15-4-6-22(7-5-15)8-9-22/h2-4,11,17,19,23H,5-10,12-14H2,1H3,(H,24,28). The zero-order valence-electron chi connectivity index (χ0n) is 16.6. The molecule has 2 fully saturated rings. The van der Waals surface area contributed by atoms with Crippen molar-refractivity contribution in [2.24, 2.45) is 18.4 Å². The summed E-state index contributed by atoms with van der Waals surface area (Å²) < 4.78 is 1.76. The molecular formula is C22H29N5O. The average molecular weight is 380 g/mol. The van der Waals surface area contributed by atoms with Gasteiger partial charge in [-0.15, -0.1) is 5.10 Å². The first-order chi connectivity index (χ1) is 13.6. The number of hydrogen-bond acceptors (Lipinski definition) is 4. The second-order valence-electron chi connectivity index (χ2n) is 9.09. The zero-order valence-corrected chi connectivity index (χ0v) is 16.6. The molecule has 2 aliphatic carbocycles. The summed E-state index contributed by atoms with van der Waals surface area (Å²) in [5, 5.41) is 14.7. The molecule has 1 saturated carbocycles. The molecule has 6 heteroatoms. The molecule has 1 spiro atoms. The highest BCUT2D eigenvalue weighted by Crippen LogP contribution is 2.55. The Morgan fingerprint density at radius 3 is 3.04 bits per heavy atom. The fraction of sp³-hybridized carbons (Fsp3) is 0.591. The van der Waals surface area contributed by atoms with Gasteiger partial charge in [-0.3, -0.25) is 4.79 Å². The van der Waals surface area contributed by atoms with E-state index >= 15 is 0 Å². The number of aromatic nitrogens is 3. The van der Waals surface area contributed by atoms with Crippen molar-refractivity contribution in [3.63, 3.8) is 0 Å². The lowest BCUT2D eigenvalue weighted by atomic mass is 9.83. The third-order valence-corrected chi connectivity index (χ3v) is 6.99. The van der Waals surface area contributed by atoms with E-state index < -0.39 is 0 Å². The molecular weight excluding hydrogens is 350 g/mol. The van der Waals surface area contributed by atoms with Crippen molar-refractivity contribution >= 4 is 16.9 Å². The first kappa shape index (κ1) is 17.9. The second kappa shape index (κ2) is 6.99.